The molecule has 1 aromatic carbocycles. The predicted molar refractivity (Wildman–Crippen MR) is 59.4 cm³/mol. The van der Waals surface area contributed by atoms with E-state index in [1.165, 1.54) is 16.7 Å². The van der Waals surface area contributed by atoms with E-state index in [0.717, 1.165) is 0 Å². The highest BCUT2D eigenvalue weighted by Gasteiger charge is 2.37. The summed E-state index contributed by atoms with van der Waals surface area (Å²) >= 11 is 0. The van der Waals surface area contributed by atoms with E-state index in [9.17, 15) is 0 Å². The van der Waals surface area contributed by atoms with Crippen LogP contribution >= 0.6 is 0 Å². The average Bonchev–Trinajstić information content (AvgIpc) is 2.73. The third-order valence-corrected chi connectivity index (χ3v) is 3.41. The highest BCUT2D eigenvalue weighted by molar-refractivity contribution is 5.60. The lowest BCUT2D eigenvalue weighted by Gasteiger charge is -2.07. The summed E-state index contributed by atoms with van der Waals surface area (Å²) < 4.78 is 0. The van der Waals surface area contributed by atoms with Gasteiger partial charge in [-0.3, -0.25) is 0 Å². The largest absolute Gasteiger partial charge is 0.0760 e. The van der Waals surface area contributed by atoms with Crippen LogP contribution < -0.4 is 0 Å². The van der Waals surface area contributed by atoms with Gasteiger partial charge in [0.05, 0.1) is 0 Å². The first kappa shape index (κ1) is 8.05. The van der Waals surface area contributed by atoms with Crippen molar-refractivity contribution in [2.24, 2.45) is 0 Å². The molecule has 2 aliphatic carbocycles. The van der Waals surface area contributed by atoms with Gasteiger partial charge in [0, 0.05) is 11.8 Å². The standard InChI is InChI=1S/C14H14/c1-9(2)14-12-7-8-13(14)11-6-4-3-5-10(11)12/h3-8,12-13H,1-2H3. The first-order valence-electron chi connectivity index (χ1n) is 5.23. The molecule has 0 spiro atoms. The van der Waals surface area contributed by atoms with Crippen molar-refractivity contribution in [1.82, 2.24) is 0 Å². The minimum atomic E-state index is 0.584. The van der Waals surface area contributed by atoms with Gasteiger partial charge in [0.25, 0.3) is 0 Å². The van der Waals surface area contributed by atoms with Crippen LogP contribution in [-0.4, -0.2) is 0 Å². The topological polar surface area (TPSA) is 0 Å². The molecule has 0 saturated heterocycles. The third kappa shape index (κ3) is 0.836. The lowest BCUT2D eigenvalue weighted by molar-refractivity contribution is 0.992. The van der Waals surface area contributed by atoms with Gasteiger partial charge in [-0.05, 0) is 30.5 Å². The summed E-state index contributed by atoms with van der Waals surface area (Å²) in [5, 5.41) is 0. The Balaban J connectivity index is 2.26. The zero-order valence-electron chi connectivity index (χ0n) is 8.62. The van der Waals surface area contributed by atoms with Gasteiger partial charge in [0.15, 0.2) is 0 Å². The Morgan fingerprint density at radius 1 is 0.929 bits per heavy atom. The van der Waals surface area contributed by atoms with Crippen LogP contribution in [-0.2, 0) is 0 Å². The normalized spacial score (nSPS) is 26.9. The van der Waals surface area contributed by atoms with Gasteiger partial charge in [0.1, 0.15) is 0 Å². The first-order chi connectivity index (χ1) is 6.79. The van der Waals surface area contributed by atoms with Crippen LogP contribution in [0.5, 0.6) is 0 Å². The summed E-state index contributed by atoms with van der Waals surface area (Å²) in [6, 6.07) is 8.84. The molecule has 0 heteroatoms. The van der Waals surface area contributed by atoms with Crippen LogP contribution in [0.25, 0.3) is 0 Å². The van der Waals surface area contributed by atoms with Crippen LogP contribution in [0.15, 0.2) is 47.6 Å². The SMILES string of the molecule is CC(C)=C1C2C=CC1c1ccccc12. The molecule has 0 amide bonds. The van der Waals surface area contributed by atoms with Gasteiger partial charge in [-0.25, -0.2) is 0 Å². The van der Waals surface area contributed by atoms with Crippen LogP contribution in [0, 0.1) is 0 Å². The van der Waals surface area contributed by atoms with Crippen molar-refractivity contribution in [2.75, 3.05) is 0 Å². The van der Waals surface area contributed by atoms with E-state index >= 15 is 0 Å². The quantitative estimate of drug-likeness (QED) is 0.536. The molecule has 0 aromatic heterocycles. The summed E-state index contributed by atoms with van der Waals surface area (Å²) in [7, 11) is 0. The average molecular weight is 182 g/mol. The van der Waals surface area contributed by atoms with E-state index in [0.29, 0.717) is 11.8 Å². The zero-order chi connectivity index (χ0) is 9.71. The fourth-order valence-corrected chi connectivity index (χ4v) is 2.86. The Morgan fingerprint density at radius 2 is 1.43 bits per heavy atom. The Hall–Kier alpha value is -1.30. The zero-order valence-corrected chi connectivity index (χ0v) is 8.62. The van der Waals surface area contributed by atoms with Crippen molar-refractivity contribution >= 4 is 0 Å². The molecule has 2 atom stereocenters. The summed E-state index contributed by atoms with van der Waals surface area (Å²) in [5.41, 5.74) is 6.15. The second-order valence-electron chi connectivity index (χ2n) is 4.42. The molecule has 2 aliphatic rings. The number of hydrogen-bond donors (Lipinski definition) is 0. The van der Waals surface area contributed by atoms with Gasteiger partial charge < -0.3 is 0 Å². The van der Waals surface area contributed by atoms with Crippen molar-refractivity contribution in [2.45, 2.75) is 25.7 Å². The first-order valence-corrected chi connectivity index (χ1v) is 5.23. The fourth-order valence-electron chi connectivity index (χ4n) is 2.86. The molecule has 0 nitrogen and oxygen atoms in total. The molecule has 14 heavy (non-hydrogen) atoms. The second-order valence-corrected chi connectivity index (χ2v) is 4.42. The van der Waals surface area contributed by atoms with Crippen molar-refractivity contribution in [3.8, 4) is 0 Å². The van der Waals surface area contributed by atoms with Crippen LogP contribution in [0.2, 0.25) is 0 Å². The maximum atomic E-state index is 2.36. The molecule has 3 rings (SSSR count). The molecule has 1 aromatic rings. The molecule has 2 bridgehead atoms. The Kier molecular flexibility index (Phi) is 1.49. The lowest BCUT2D eigenvalue weighted by Crippen LogP contribution is -1.90. The summed E-state index contributed by atoms with van der Waals surface area (Å²) in [6.45, 7) is 4.46. The number of benzene rings is 1. The smallest absolute Gasteiger partial charge is 0.0243 e. The molecular weight excluding hydrogens is 168 g/mol. The molecular formula is C14H14. The molecule has 0 aliphatic heterocycles. The number of allylic oxidation sites excluding steroid dienone is 4. The lowest BCUT2D eigenvalue weighted by atomic mass is 9.97. The molecule has 0 heterocycles. The number of rotatable bonds is 0. The van der Waals surface area contributed by atoms with E-state index < -0.39 is 0 Å². The van der Waals surface area contributed by atoms with E-state index in [1.54, 1.807) is 5.57 Å². The molecule has 2 unspecified atom stereocenters. The van der Waals surface area contributed by atoms with E-state index in [-0.39, 0.29) is 0 Å². The van der Waals surface area contributed by atoms with Crippen molar-refractivity contribution in [3.05, 3.63) is 58.7 Å². The minimum absolute atomic E-state index is 0.584. The van der Waals surface area contributed by atoms with Crippen molar-refractivity contribution in [1.29, 1.82) is 0 Å². The Labute approximate surface area is 85.0 Å². The summed E-state index contributed by atoms with van der Waals surface area (Å²) in [5.74, 6) is 1.17. The minimum Gasteiger partial charge on any atom is -0.0760 e. The van der Waals surface area contributed by atoms with E-state index in [4.69, 9.17) is 0 Å². The maximum Gasteiger partial charge on any atom is 0.0243 e. The van der Waals surface area contributed by atoms with Crippen LogP contribution in [0.3, 0.4) is 0 Å². The van der Waals surface area contributed by atoms with Crippen molar-refractivity contribution < 1.29 is 0 Å². The van der Waals surface area contributed by atoms with Gasteiger partial charge in [-0.2, -0.15) is 0 Å². The molecule has 70 valence electrons. The fraction of sp³-hybridized carbons (Fsp3) is 0.286. The third-order valence-electron chi connectivity index (χ3n) is 3.41. The summed E-state index contributed by atoms with van der Waals surface area (Å²) in [4.78, 5) is 0. The Morgan fingerprint density at radius 3 is 1.86 bits per heavy atom. The predicted octanol–water partition coefficient (Wildman–Crippen LogP) is 3.77. The van der Waals surface area contributed by atoms with Gasteiger partial charge in [0.2, 0.25) is 0 Å². The number of fused-ring (bicyclic) bond motifs is 5. The highest BCUT2D eigenvalue weighted by atomic mass is 14.4. The molecule has 0 radical (unpaired) electrons. The van der Waals surface area contributed by atoms with E-state index in [1.807, 2.05) is 0 Å². The van der Waals surface area contributed by atoms with E-state index in [2.05, 4.69) is 50.3 Å². The highest BCUT2D eigenvalue weighted by Crippen LogP contribution is 2.53. The second kappa shape index (κ2) is 2.60. The van der Waals surface area contributed by atoms with Gasteiger partial charge in [-0.1, -0.05) is 42.0 Å². The maximum absolute atomic E-state index is 2.36. The number of hydrogen-bond acceptors (Lipinski definition) is 0. The van der Waals surface area contributed by atoms with Gasteiger partial charge in [-0.15, -0.1) is 0 Å². The Bertz CT molecular complexity index is 410. The molecule has 0 N–H and O–H groups in total. The van der Waals surface area contributed by atoms with Crippen molar-refractivity contribution in [3.63, 3.8) is 0 Å². The molecule has 0 saturated carbocycles. The van der Waals surface area contributed by atoms with Crippen LogP contribution in [0.1, 0.15) is 36.8 Å². The monoisotopic (exact) mass is 182 g/mol. The van der Waals surface area contributed by atoms with Gasteiger partial charge >= 0.3 is 0 Å². The molecule has 0 fully saturated rings. The summed E-state index contributed by atoms with van der Waals surface area (Å²) in [6.07, 6.45) is 4.71. The van der Waals surface area contributed by atoms with Crippen LogP contribution in [0.4, 0.5) is 0 Å².